The summed E-state index contributed by atoms with van der Waals surface area (Å²) in [5.41, 5.74) is 3.80. The van der Waals surface area contributed by atoms with E-state index in [4.69, 9.17) is 0 Å². The number of rotatable bonds is 4. The predicted octanol–water partition coefficient (Wildman–Crippen LogP) is 10.4. The highest BCUT2D eigenvalue weighted by Gasteiger charge is 2.69. The molecule has 0 nitrogen and oxygen atoms in total. The molecule has 1 aromatic carbocycles. The van der Waals surface area contributed by atoms with Crippen molar-refractivity contribution in [1.82, 2.24) is 0 Å². The minimum absolute atomic E-state index is 0.0431. The monoisotopic (exact) mass is 504 g/mol. The molecular weight excluding hydrogens is 451 g/mol. The topological polar surface area (TPSA) is 0 Å². The predicted molar refractivity (Wildman–Crippen MR) is 156 cm³/mol. The standard InChI is InChI=1S/C35H53P/c1-30(2,3)32-14-26-12-27(15-32)19-34(18-26,23-32)36(22-25-10-8-7-9-11-25)35-20-28-13-29(21-35)17-33(16-28,24-35)31(4,5)6/h7-11,26-29H,12-24H2,1-6H3. The van der Waals surface area contributed by atoms with Gasteiger partial charge in [-0.1, -0.05) is 79.8 Å². The van der Waals surface area contributed by atoms with E-state index in [0.717, 1.165) is 23.7 Å². The van der Waals surface area contributed by atoms with Crippen molar-refractivity contribution >= 4 is 7.92 Å². The molecule has 0 aromatic heterocycles. The van der Waals surface area contributed by atoms with Gasteiger partial charge in [0.1, 0.15) is 0 Å². The number of hydrogen-bond donors (Lipinski definition) is 0. The van der Waals surface area contributed by atoms with E-state index in [9.17, 15) is 0 Å². The zero-order valence-corrected chi connectivity index (χ0v) is 25.2. The van der Waals surface area contributed by atoms with E-state index in [1.165, 1.54) is 6.16 Å². The van der Waals surface area contributed by atoms with Crippen LogP contribution in [-0.2, 0) is 6.16 Å². The molecule has 0 amide bonds. The fraction of sp³-hybridized carbons (Fsp3) is 0.829. The van der Waals surface area contributed by atoms with E-state index in [0.29, 0.717) is 32.0 Å². The van der Waals surface area contributed by atoms with Crippen LogP contribution < -0.4 is 0 Å². The third kappa shape index (κ3) is 3.47. The Balaban J connectivity index is 1.36. The van der Waals surface area contributed by atoms with Crippen LogP contribution in [0.3, 0.4) is 0 Å². The molecule has 9 rings (SSSR count). The van der Waals surface area contributed by atoms with Gasteiger partial charge >= 0.3 is 0 Å². The maximum atomic E-state index is 2.62. The minimum Gasteiger partial charge on any atom is -0.0894 e. The minimum atomic E-state index is -0.0431. The van der Waals surface area contributed by atoms with E-state index >= 15 is 0 Å². The molecule has 0 saturated heterocycles. The molecule has 1 aromatic rings. The number of hydrogen-bond acceptors (Lipinski definition) is 0. The summed E-state index contributed by atoms with van der Waals surface area (Å²) in [6.45, 7) is 15.7. The van der Waals surface area contributed by atoms with Crippen LogP contribution in [0, 0.1) is 45.3 Å². The van der Waals surface area contributed by atoms with Crippen LogP contribution in [0.25, 0.3) is 0 Å². The van der Waals surface area contributed by atoms with Gasteiger partial charge in [0.2, 0.25) is 0 Å². The lowest BCUT2D eigenvalue weighted by Crippen LogP contribution is -2.63. The molecule has 198 valence electrons. The largest absolute Gasteiger partial charge is 0.0894 e. The highest BCUT2D eigenvalue weighted by atomic mass is 31.1. The molecular formula is C35H53P. The first kappa shape index (κ1) is 24.7. The quantitative estimate of drug-likeness (QED) is 0.358. The van der Waals surface area contributed by atoms with E-state index < -0.39 is 0 Å². The molecule has 8 aliphatic rings. The molecule has 36 heavy (non-hydrogen) atoms. The third-order valence-corrected chi connectivity index (χ3v) is 17.6. The first-order valence-corrected chi connectivity index (χ1v) is 17.2. The summed E-state index contributed by atoms with van der Waals surface area (Å²) in [6.07, 6.45) is 20.3. The Morgan fingerprint density at radius 1 is 0.611 bits per heavy atom. The lowest BCUT2D eigenvalue weighted by atomic mass is 9.43. The average Bonchev–Trinajstić information content (AvgIpc) is 2.75. The highest BCUT2D eigenvalue weighted by molar-refractivity contribution is 7.60. The van der Waals surface area contributed by atoms with E-state index in [1.54, 1.807) is 82.6 Å². The van der Waals surface area contributed by atoms with Crippen LogP contribution in [0.5, 0.6) is 0 Å². The summed E-state index contributed by atoms with van der Waals surface area (Å²) in [6, 6.07) is 11.9. The Morgan fingerprint density at radius 2 is 1.00 bits per heavy atom. The molecule has 0 heterocycles. The highest BCUT2D eigenvalue weighted by Crippen LogP contribution is 2.84. The van der Waals surface area contributed by atoms with Crippen LogP contribution in [0.4, 0.5) is 0 Å². The van der Waals surface area contributed by atoms with Gasteiger partial charge in [0, 0.05) is 0 Å². The molecule has 1 heteroatoms. The van der Waals surface area contributed by atoms with Crippen molar-refractivity contribution in [1.29, 1.82) is 0 Å². The summed E-state index contributed by atoms with van der Waals surface area (Å²) < 4.78 is 0. The molecule has 4 atom stereocenters. The molecule has 0 radical (unpaired) electrons. The summed E-state index contributed by atoms with van der Waals surface area (Å²) in [7, 11) is -0.0431. The molecule has 8 fully saturated rings. The van der Waals surface area contributed by atoms with E-state index in [2.05, 4.69) is 71.9 Å². The fourth-order valence-corrected chi connectivity index (χ4v) is 17.6. The van der Waals surface area contributed by atoms with Gasteiger partial charge in [-0.15, -0.1) is 0 Å². The van der Waals surface area contributed by atoms with Crippen molar-refractivity contribution in [2.75, 3.05) is 0 Å². The lowest BCUT2D eigenvalue weighted by molar-refractivity contribution is -0.113. The van der Waals surface area contributed by atoms with Gasteiger partial charge in [-0.2, -0.15) is 0 Å². The molecule has 8 saturated carbocycles. The summed E-state index contributed by atoms with van der Waals surface area (Å²) >= 11 is 0. The van der Waals surface area contributed by atoms with Crippen LogP contribution >= 0.6 is 7.92 Å². The van der Waals surface area contributed by atoms with Crippen molar-refractivity contribution < 1.29 is 0 Å². The fourth-order valence-electron chi connectivity index (χ4n) is 12.4. The molecule has 0 N–H and O–H groups in total. The van der Waals surface area contributed by atoms with Gasteiger partial charge < -0.3 is 0 Å². The molecule has 8 aliphatic carbocycles. The Bertz CT molecular complexity index is 915. The second kappa shape index (κ2) is 7.64. The molecule has 0 spiro atoms. The van der Waals surface area contributed by atoms with E-state index in [1.807, 2.05) is 0 Å². The molecule has 8 bridgehead atoms. The van der Waals surface area contributed by atoms with Crippen molar-refractivity contribution in [3.8, 4) is 0 Å². The summed E-state index contributed by atoms with van der Waals surface area (Å²) in [5, 5.41) is 1.32. The molecule has 4 unspecified atom stereocenters. The van der Waals surface area contributed by atoms with Gasteiger partial charge in [0.05, 0.1) is 0 Å². The van der Waals surface area contributed by atoms with Crippen LogP contribution in [0.2, 0.25) is 0 Å². The van der Waals surface area contributed by atoms with Gasteiger partial charge in [-0.25, -0.2) is 0 Å². The Labute approximate surface area is 223 Å². The zero-order chi connectivity index (χ0) is 25.2. The number of benzene rings is 1. The normalized spacial score (nSPS) is 47.9. The second-order valence-electron chi connectivity index (χ2n) is 17.5. The van der Waals surface area contributed by atoms with Gasteiger partial charge in [-0.3, -0.25) is 0 Å². The Morgan fingerprint density at radius 3 is 1.36 bits per heavy atom. The van der Waals surface area contributed by atoms with Crippen molar-refractivity contribution in [2.24, 2.45) is 45.3 Å². The second-order valence-corrected chi connectivity index (χ2v) is 20.6. The first-order valence-electron chi connectivity index (χ1n) is 15.7. The van der Waals surface area contributed by atoms with Crippen molar-refractivity contribution in [3.63, 3.8) is 0 Å². The SMILES string of the molecule is CC(C)(C)C12CC3CC(CC(P(Cc4ccccc4)C45CC6CC(C4)CC(C(C)(C)C)(C6)C5)(C3)C1)C2. The van der Waals surface area contributed by atoms with Gasteiger partial charge in [0.25, 0.3) is 0 Å². The van der Waals surface area contributed by atoms with Crippen LogP contribution in [0.15, 0.2) is 30.3 Å². The Hall–Kier alpha value is -0.350. The van der Waals surface area contributed by atoms with Crippen LogP contribution in [-0.4, -0.2) is 10.3 Å². The Kier molecular flexibility index (Phi) is 5.24. The van der Waals surface area contributed by atoms with Crippen LogP contribution in [0.1, 0.15) is 124 Å². The van der Waals surface area contributed by atoms with Gasteiger partial charge in [0.15, 0.2) is 0 Å². The lowest BCUT2D eigenvalue weighted by Gasteiger charge is -2.73. The average molecular weight is 505 g/mol. The summed E-state index contributed by atoms with van der Waals surface area (Å²) in [4.78, 5) is 0. The zero-order valence-electron chi connectivity index (χ0n) is 24.3. The first-order chi connectivity index (χ1) is 16.9. The summed E-state index contributed by atoms with van der Waals surface area (Å²) in [5.74, 6) is 4.10. The van der Waals surface area contributed by atoms with E-state index in [-0.39, 0.29) is 7.92 Å². The maximum Gasteiger partial charge on any atom is -0.00631 e. The maximum absolute atomic E-state index is 2.62. The van der Waals surface area contributed by atoms with Crippen molar-refractivity contribution in [2.45, 2.75) is 135 Å². The smallest absolute Gasteiger partial charge is 0.00631 e. The van der Waals surface area contributed by atoms with Gasteiger partial charge in [-0.05, 0) is 144 Å². The third-order valence-electron chi connectivity index (χ3n) is 13.6. The van der Waals surface area contributed by atoms with Crippen molar-refractivity contribution in [3.05, 3.63) is 35.9 Å². The molecule has 0 aliphatic heterocycles.